The molecule has 204 valence electrons. The van der Waals surface area contributed by atoms with Crippen molar-refractivity contribution in [3.63, 3.8) is 0 Å². The first kappa shape index (κ1) is 28.6. The zero-order valence-corrected chi connectivity index (χ0v) is 20.8. The minimum Gasteiger partial charge on any atom is -0.471 e. The summed E-state index contributed by atoms with van der Waals surface area (Å²) in [4.78, 5) is 50.2. The van der Waals surface area contributed by atoms with Crippen molar-refractivity contribution in [3.8, 4) is 0 Å². The number of nitrogens with one attached hydrogen (secondary N) is 1. The van der Waals surface area contributed by atoms with Crippen LogP contribution in [0.1, 0.15) is 25.8 Å². The maximum atomic E-state index is 13.6. The highest BCUT2D eigenvalue weighted by Gasteiger charge is 2.46. The number of nitrogens with two attached hydrogens (primary N) is 1. The number of carbonyl (C=O) groups is 4. The van der Waals surface area contributed by atoms with E-state index in [4.69, 9.17) is 10.5 Å². The van der Waals surface area contributed by atoms with Gasteiger partial charge in [0.05, 0.1) is 12.1 Å². The summed E-state index contributed by atoms with van der Waals surface area (Å²) < 4.78 is 46.9. The van der Waals surface area contributed by atoms with Crippen molar-refractivity contribution < 1.29 is 41.8 Å². The molecule has 0 aliphatic carbocycles. The summed E-state index contributed by atoms with van der Waals surface area (Å²) >= 11 is 0. The topological polar surface area (TPSA) is 128 Å². The maximum absolute atomic E-state index is 13.6. The molecule has 3 rings (SSSR count). The third kappa shape index (κ3) is 6.88. The number of esters is 2. The number of nitrogens with zero attached hydrogens (tertiary/aromatic N) is 1. The number of fused-ring (bicyclic) bond motifs is 1. The molecule has 0 fully saturated rings. The Morgan fingerprint density at radius 2 is 1.76 bits per heavy atom. The molecular weight excluding hydrogens is 507 g/mol. The Morgan fingerprint density at radius 1 is 1.08 bits per heavy atom. The number of amides is 2. The number of hydrogen-bond acceptors (Lipinski definition) is 7. The molecule has 38 heavy (non-hydrogen) atoms. The van der Waals surface area contributed by atoms with Gasteiger partial charge in [-0.1, -0.05) is 49.4 Å². The van der Waals surface area contributed by atoms with Crippen LogP contribution in [-0.4, -0.2) is 66.1 Å². The van der Waals surface area contributed by atoms with Crippen LogP contribution in [0.25, 0.3) is 10.8 Å². The average Bonchev–Trinajstić information content (AvgIpc) is 2.86. The third-order valence-corrected chi connectivity index (χ3v) is 5.91. The first-order chi connectivity index (χ1) is 17.9. The third-order valence-electron chi connectivity index (χ3n) is 5.91. The second-order valence-electron chi connectivity index (χ2n) is 8.76. The van der Waals surface area contributed by atoms with Crippen molar-refractivity contribution in [2.24, 2.45) is 5.73 Å². The molecule has 0 unspecified atom stereocenters. The molecule has 0 radical (unpaired) electrons. The van der Waals surface area contributed by atoms with Crippen molar-refractivity contribution in [2.45, 2.75) is 51.1 Å². The van der Waals surface area contributed by atoms with Crippen LogP contribution in [0.15, 0.2) is 54.3 Å². The summed E-state index contributed by atoms with van der Waals surface area (Å²) in [6.45, 7) is 3.58. The summed E-state index contributed by atoms with van der Waals surface area (Å²) in [6, 6.07) is 11.3. The van der Waals surface area contributed by atoms with E-state index in [9.17, 15) is 32.3 Å². The van der Waals surface area contributed by atoms with Gasteiger partial charge in [0.1, 0.15) is 0 Å². The van der Waals surface area contributed by atoms with Crippen LogP contribution in [0.4, 0.5) is 13.2 Å². The second-order valence-corrected chi connectivity index (χ2v) is 8.76. The molecule has 0 bridgehead atoms. The Bertz CT molecular complexity index is 1240. The Balaban J connectivity index is 1.84. The van der Waals surface area contributed by atoms with Gasteiger partial charge in [0, 0.05) is 20.0 Å². The molecule has 1 aliphatic rings. The number of rotatable bonds is 8. The van der Waals surface area contributed by atoms with Crippen LogP contribution >= 0.6 is 0 Å². The predicted molar refractivity (Wildman–Crippen MR) is 130 cm³/mol. The highest BCUT2D eigenvalue weighted by Crippen LogP contribution is 2.24. The van der Waals surface area contributed by atoms with Crippen molar-refractivity contribution in [1.29, 1.82) is 0 Å². The second kappa shape index (κ2) is 12.1. The van der Waals surface area contributed by atoms with Crippen LogP contribution in [-0.2, 0) is 35.1 Å². The van der Waals surface area contributed by atoms with E-state index in [-0.39, 0.29) is 6.54 Å². The lowest BCUT2D eigenvalue weighted by Gasteiger charge is -2.37. The highest BCUT2D eigenvalue weighted by molar-refractivity contribution is 5.97. The molecule has 0 saturated heterocycles. The lowest BCUT2D eigenvalue weighted by atomic mass is 9.97. The number of benzene rings is 2. The van der Waals surface area contributed by atoms with E-state index in [0.717, 1.165) is 22.4 Å². The predicted octanol–water partition coefficient (Wildman–Crippen LogP) is 2.37. The summed E-state index contributed by atoms with van der Waals surface area (Å²) in [7, 11) is 0. The summed E-state index contributed by atoms with van der Waals surface area (Å²) in [5, 5.41) is 4.56. The molecule has 2 amide bonds. The van der Waals surface area contributed by atoms with E-state index < -0.39 is 53.9 Å². The fraction of sp³-hybridized carbons (Fsp3) is 0.385. The number of alkyl halides is 3. The quantitative estimate of drug-likeness (QED) is 0.392. The molecule has 1 heterocycles. The largest absolute Gasteiger partial charge is 0.491 e. The number of carbonyl (C=O) groups excluding carboxylic acids is 4. The van der Waals surface area contributed by atoms with Gasteiger partial charge in [-0.3, -0.25) is 9.59 Å². The Morgan fingerprint density at radius 3 is 2.42 bits per heavy atom. The number of hydrogen-bond donors (Lipinski definition) is 2. The highest BCUT2D eigenvalue weighted by atomic mass is 19.4. The molecule has 12 heteroatoms. The van der Waals surface area contributed by atoms with Gasteiger partial charge in [0.15, 0.2) is 6.10 Å². The molecule has 0 spiro atoms. The van der Waals surface area contributed by atoms with Gasteiger partial charge in [-0.2, -0.15) is 13.2 Å². The minimum atomic E-state index is -5.42. The SMILES string of the molecule is CCCN(CCc1cccc2ccccc12)C(=O)[C@@H]1OC(C(=O)OC(=O)C(F)(F)F)=C[C@H](N)[C@H]1NC(C)=O. The van der Waals surface area contributed by atoms with Gasteiger partial charge >= 0.3 is 18.1 Å². The Labute approximate surface area is 216 Å². The molecule has 2 aromatic rings. The summed E-state index contributed by atoms with van der Waals surface area (Å²) in [5.41, 5.74) is 7.04. The van der Waals surface area contributed by atoms with Crippen molar-refractivity contribution in [1.82, 2.24) is 10.2 Å². The molecule has 2 aromatic carbocycles. The molecule has 9 nitrogen and oxygen atoms in total. The van der Waals surface area contributed by atoms with Gasteiger partial charge in [-0.05, 0) is 35.3 Å². The van der Waals surface area contributed by atoms with Crippen molar-refractivity contribution >= 4 is 34.5 Å². The Kier molecular flexibility index (Phi) is 9.10. The van der Waals surface area contributed by atoms with Gasteiger partial charge in [-0.15, -0.1) is 0 Å². The van der Waals surface area contributed by atoms with Crippen molar-refractivity contribution in [2.75, 3.05) is 13.1 Å². The lowest BCUT2D eigenvalue weighted by molar-refractivity contribution is -0.202. The maximum Gasteiger partial charge on any atom is 0.491 e. The molecule has 0 saturated carbocycles. The lowest BCUT2D eigenvalue weighted by Crippen LogP contribution is -2.61. The average molecular weight is 536 g/mol. The first-order valence-corrected chi connectivity index (χ1v) is 11.9. The molecule has 1 aliphatic heterocycles. The van der Waals surface area contributed by atoms with E-state index in [1.165, 1.54) is 11.8 Å². The van der Waals surface area contributed by atoms with Crippen LogP contribution in [0.2, 0.25) is 0 Å². The minimum absolute atomic E-state index is 0.249. The first-order valence-electron chi connectivity index (χ1n) is 11.9. The van der Waals surface area contributed by atoms with Crippen LogP contribution in [0.3, 0.4) is 0 Å². The summed E-state index contributed by atoms with van der Waals surface area (Å²) in [5.74, 6) is -6.51. The number of halogens is 3. The van der Waals surface area contributed by atoms with E-state index in [0.29, 0.717) is 19.4 Å². The monoisotopic (exact) mass is 535 g/mol. The fourth-order valence-electron chi connectivity index (χ4n) is 4.20. The normalized spacial score (nSPS) is 19.2. The summed E-state index contributed by atoms with van der Waals surface area (Å²) in [6.07, 6.45) is -5.03. The van der Waals surface area contributed by atoms with Crippen LogP contribution in [0.5, 0.6) is 0 Å². The van der Waals surface area contributed by atoms with Gasteiger partial charge in [-0.25, -0.2) is 9.59 Å². The standard InChI is InChI=1S/C26H28F3N3O6/c1-3-12-32(13-11-17-9-6-8-16-7-4-5-10-18(16)17)23(34)22-21(31-15(2)33)19(30)14-20(37-22)24(35)38-25(36)26(27,28)29/h4-10,14,19,21-22H,3,11-13,30H2,1-2H3,(H,31,33)/t19-,21+,22+/m0/s1. The van der Waals surface area contributed by atoms with E-state index in [1.807, 2.05) is 49.4 Å². The molecule has 3 N–H and O–H groups in total. The van der Waals surface area contributed by atoms with E-state index >= 15 is 0 Å². The van der Waals surface area contributed by atoms with Crippen LogP contribution in [0, 0.1) is 0 Å². The van der Waals surface area contributed by atoms with Gasteiger partial charge in [0.25, 0.3) is 5.91 Å². The van der Waals surface area contributed by atoms with Crippen molar-refractivity contribution in [3.05, 3.63) is 59.9 Å². The molecular formula is C26H28F3N3O6. The van der Waals surface area contributed by atoms with Gasteiger partial charge < -0.3 is 25.4 Å². The molecule has 3 atom stereocenters. The zero-order valence-electron chi connectivity index (χ0n) is 20.8. The molecule has 0 aromatic heterocycles. The number of ether oxygens (including phenoxy) is 2. The Hall–Kier alpha value is -3.93. The van der Waals surface area contributed by atoms with E-state index in [2.05, 4.69) is 10.1 Å². The van der Waals surface area contributed by atoms with Gasteiger partial charge in [0.2, 0.25) is 11.7 Å². The fourth-order valence-corrected chi connectivity index (χ4v) is 4.20. The zero-order chi connectivity index (χ0) is 28.0. The smallest absolute Gasteiger partial charge is 0.471 e. The van der Waals surface area contributed by atoms with E-state index in [1.54, 1.807) is 0 Å². The van der Waals surface area contributed by atoms with Crippen LogP contribution < -0.4 is 11.1 Å².